The molecule has 104 valence electrons. The maximum atomic E-state index is 12.7. The maximum Gasteiger partial charge on any atom is 0.411 e. The molecule has 1 aliphatic rings. The van der Waals surface area contributed by atoms with Gasteiger partial charge in [0.05, 0.1) is 6.61 Å². The molecular weight excluding hydrogens is 247 g/mol. The second-order valence-electron chi connectivity index (χ2n) is 4.92. The van der Waals surface area contributed by atoms with Gasteiger partial charge in [0, 0.05) is 5.69 Å². The van der Waals surface area contributed by atoms with Crippen LogP contribution in [0.3, 0.4) is 0 Å². The molecule has 0 heterocycles. The van der Waals surface area contributed by atoms with Crippen molar-refractivity contribution in [2.45, 2.75) is 19.3 Å². The molecule has 1 aromatic carbocycles. The number of nitrogens with two attached hydrogens (primary N) is 1. The van der Waals surface area contributed by atoms with Crippen LogP contribution < -0.4 is 11.1 Å². The Morgan fingerprint density at radius 1 is 1.32 bits per heavy atom. The largest absolute Gasteiger partial charge is 0.449 e. The van der Waals surface area contributed by atoms with E-state index >= 15 is 0 Å². The Morgan fingerprint density at radius 3 is 2.68 bits per heavy atom. The van der Waals surface area contributed by atoms with E-state index in [1.54, 1.807) is 0 Å². The molecule has 1 aromatic rings. The third-order valence-corrected chi connectivity index (χ3v) is 3.64. The molecule has 0 radical (unpaired) electrons. The topological polar surface area (TPSA) is 64.3 Å². The first-order valence-corrected chi connectivity index (χ1v) is 6.58. The highest BCUT2D eigenvalue weighted by molar-refractivity contribution is 5.84. The number of halogens is 1. The lowest BCUT2D eigenvalue weighted by Crippen LogP contribution is -2.25. The molecule has 3 N–H and O–H groups in total. The molecule has 5 heteroatoms. The predicted molar refractivity (Wildman–Crippen MR) is 71.3 cm³/mol. The molecule has 1 saturated carbocycles. The minimum Gasteiger partial charge on any atom is -0.449 e. The fraction of sp³-hybridized carbons (Fsp3) is 0.500. The van der Waals surface area contributed by atoms with Crippen LogP contribution in [-0.4, -0.2) is 19.2 Å². The zero-order valence-corrected chi connectivity index (χ0v) is 10.8. The zero-order chi connectivity index (χ0) is 13.7. The Labute approximate surface area is 112 Å². The van der Waals surface area contributed by atoms with Crippen molar-refractivity contribution in [3.8, 4) is 0 Å². The Bertz CT molecular complexity index is 422. The number of hydrogen-bond donors (Lipinski definition) is 2. The highest BCUT2D eigenvalue weighted by Gasteiger charge is 2.27. The van der Waals surface area contributed by atoms with E-state index < -0.39 is 6.09 Å². The van der Waals surface area contributed by atoms with Gasteiger partial charge in [0.1, 0.15) is 5.82 Å². The summed E-state index contributed by atoms with van der Waals surface area (Å²) in [5, 5.41) is 2.57. The van der Waals surface area contributed by atoms with Gasteiger partial charge in [-0.2, -0.15) is 0 Å². The SMILES string of the molecule is NCC1CCCC1COC(=O)Nc1ccc(F)cc1. The Morgan fingerprint density at radius 2 is 2.00 bits per heavy atom. The highest BCUT2D eigenvalue weighted by Crippen LogP contribution is 2.31. The van der Waals surface area contributed by atoms with Gasteiger partial charge < -0.3 is 10.5 Å². The van der Waals surface area contributed by atoms with Gasteiger partial charge >= 0.3 is 6.09 Å². The lowest BCUT2D eigenvalue weighted by atomic mass is 9.97. The van der Waals surface area contributed by atoms with Gasteiger partial charge in [-0.25, -0.2) is 9.18 Å². The maximum absolute atomic E-state index is 12.7. The molecule has 1 fully saturated rings. The van der Waals surface area contributed by atoms with E-state index in [0.29, 0.717) is 30.7 Å². The Balaban J connectivity index is 1.77. The van der Waals surface area contributed by atoms with E-state index in [0.717, 1.165) is 19.3 Å². The number of carbonyl (C=O) groups is 1. The van der Waals surface area contributed by atoms with Crippen LogP contribution in [0.4, 0.5) is 14.9 Å². The molecule has 4 nitrogen and oxygen atoms in total. The van der Waals surface area contributed by atoms with Gasteiger partial charge in [0.15, 0.2) is 0 Å². The van der Waals surface area contributed by atoms with Crippen molar-refractivity contribution >= 4 is 11.8 Å². The summed E-state index contributed by atoms with van der Waals surface area (Å²) in [5.41, 5.74) is 6.20. The molecule has 0 spiro atoms. The third-order valence-electron chi connectivity index (χ3n) is 3.64. The summed E-state index contributed by atoms with van der Waals surface area (Å²) in [4.78, 5) is 11.6. The average molecular weight is 266 g/mol. The number of benzene rings is 1. The molecule has 2 atom stereocenters. The number of nitrogens with one attached hydrogen (secondary N) is 1. The number of rotatable bonds is 4. The molecule has 2 unspecified atom stereocenters. The van der Waals surface area contributed by atoms with Gasteiger partial charge in [0.25, 0.3) is 0 Å². The van der Waals surface area contributed by atoms with Crippen molar-refractivity contribution < 1.29 is 13.9 Å². The molecule has 1 aliphatic carbocycles. The van der Waals surface area contributed by atoms with Crippen LogP contribution in [0.2, 0.25) is 0 Å². The first-order chi connectivity index (χ1) is 9.19. The van der Waals surface area contributed by atoms with E-state index in [9.17, 15) is 9.18 Å². The van der Waals surface area contributed by atoms with Crippen LogP contribution in [0.5, 0.6) is 0 Å². The standard InChI is InChI=1S/C14H19FN2O2/c15-12-4-6-13(7-5-12)17-14(18)19-9-11-3-1-2-10(11)8-16/h4-7,10-11H,1-3,8-9,16H2,(H,17,18). The van der Waals surface area contributed by atoms with Crippen LogP contribution >= 0.6 is 0 Å². The summed E-state index contributed by atoms with van der Waals surface area (Å²) in [6.07, 6.45) is 2.82. The fourth-order valence-corrected chi connectivity index (χ4v) is 2.51. The first kappa shape index (κ1) is 13.8. The van der Waals surface area contributed by atoms with E-state index in [4.69, 9.17) is 10.5 Å². The summed E-state index contributed by atoms with van der Waals surface area (Å²) in [6, 6.07) is 5.57. The number of carbonyl (C=O) groups excluding carboxylic acids is 1. The summed E-state index contributed by atoms with van der Waals surface area (Å²) in [6.45, 7) is 1.04. The average Bonchev–Trinajstić information content (AvgIpc) is 2.86. The minimum absolute atomic E-state index is 0.337. The van der Waals surface area contributed by atoms with Crippen molar-refractivity contribution in [3.63, 3.8) is 0 Å². The zero-order valence-electron chi connectivity index (χ0n) is 10.8. The van der Waals surface area contributed by atoms with Gasteiger partial charge in [-0.15, -0.1) is 0 Å². The van der Waals surface area contributed by atoms with Crippen molar-refractivity contribution in [2.24, 2.45) is 17.6 Å². The van der Waals surface area contributed by atoms with E-state index in [-0.39, 0.29) is 5.82 Å². The highest BCUT2D eigenvalue weighted by atomic mass is 19.1. The molecule has 2 rings (SSSR count). The van der Waals surface area contributed by atoms with Crippen LogP contribution in [-0.2, 0) is 4.74 Å². The normalized spacial score (nSPS) is 22.2. The quantitative estimate of drug-likeness (QED) is 0.880. The molecule has 0 aromatic heterocycles. The van der Waals surface area contributed by atoms with E-state index in [1.807, 2.05) is 0 Å². The Kier molecular flexibility index (Phi) is 4.74. The van der Waals surface area contributed by atoms with Crippen LogP contribution in [0, 0.1) is 17.7 Å². The first-order valence-electron chi connectivity index (χ1n) is 6.58. The number of anilines is 1. The van der Waals surface area contributed by atoms with Crippen molar-refractivity contribution in [1.82, 2.24) is 0 Å². The molecule has 19 heavy (non-hydrogen) atoms. The lowest BCUT2D eigenvalue weighted by Gasteiger charge is -2.17. The second kappa shape index (κ2) is 6.52. The van der Waals surface area contributed by atoms with Gasteiger partial charge in [-0.3, -0.25) is 5.32 Å². The van der Waals surface area contributed by atoms with E-state index in [1.165, 1.54) is 24.3 Å². The summed E-state index contributed by atoms with van der Waals surface area (Å²) >= 11 is 0. The number of amides is 1. The summed E-state index contributed by atoms with van der Waals surface area (Å²) in [7, 11) is 0. The van der Waals surface area contributed by atoms with Crippen LogP contribution in [0.25, 0.3) is 0 Å². The second-order valence-corrected chi connectivity index (χ2v) is 4.92. The molecule has 0 saturated heterocycles. The summed E-state index contributed by atoms with van der Waals surface area (Å²) in [5.74, 6) is 0.484. The van der Waals surface area contributed by atoms with Crippen molar-refractivity contribution in [2.75, 3.05) is 18.5 Å². The van der Waals surface area contributed by atoms with Crippen LogP contribution in [0.15, 0.2) is 24.3 Å². The minimum atomic E-state index is -0.505. The smallest absolute Gasteiger partial charge is 0.411 e. The van der Waals surface area contributed by atoms with E-state index in [2.05, 4.69) is 5.32 Å². The van der Waals surface area contributed by atoms with Gasteiger partial charge in [-0.1, -0.05) is 6.42 Å². The number of hydrogen-bond acceptors (Lipinski definition) is 3. The number of ether oxygens (including phenoxy) is 1. The fourth-order valence-electron chi connectivity index (χ4n) is 2.51. The van der Waals surface area contributed by atoms with Crippen molar-refractivity contribution in [3.05, 3.63) is 30.1 Å². The molecule has 0 bridgehead atoms. The molecule has 1 amide bonds. The molecular formula is C14H19FN2O2. The van der Waals surface area contributed by atoms with Crippen LogP contribution in [0.1, 0.15) is 19.3 Å². The van der Waals surface area contributed by atoms with Gasteiger partial charge in [0.2, 0.25) is 0 Å². The monoisotopic (exact) mass is 266 g/mol. The third kappa shape index (κ3) is 3.92. The Hall–Kier alpha value is -1.62. The van der Waals surface area contributed by atoms with Gasteiger partial charge in [-0.05, 0) is 55.5 Å². The molecule has 0 aliphatic heterocycles. The van der Waals surface area contributed by atoms with Crippen molar-refractivity contribution in [1.29, 1.82) is 0 Å². The summed E-state index contributed by atoms with van der Waals surface area (Å²) < 4.78 is 17.9. The lowest BCUT2D eigenvalue weighted by molar-refractivity contribution is 0.130. The predicted octanol–water partition coefficient (Wildman–Crippen LogP) is 2.75.